The van der Waals surface area contributed by atoms with Gasteiger partial charge in [0.05, 0.1) is 13.2 Å². The van der Waals surface area contributed by atoms with Crippen molar-refractivity contribution in [2.75, 3.05) is 13.2 Å². The average molecular weight is 317 g/mol. The Bertz CT molecular complexity index is 719. The summed E-state index contributed by atoms with van der Waals surface area (Å²) in [6.07, 6.45) is 0. The first-order valence-corrected chi connectivity index (χ1v) is 7.03. The zero-order chi connectivity index (χ0) is 16.8. The lowest BCUT2D eigenvalue weighted by molar-refractivity contribution is -0.137. The molecule has 7 nitrogen and oxygen atoms in total. The fourth-order valence-corrected chi connectivity index (χ4v) is 1.92. The number of hydrogen-bond acceptors (Lipinski definition) is 7. The number of rotatable bonds is 6. The molecule has 0 aliphatic carbocycles. The lowest BCUT2D eigenvalue weighted by Crippen LogP contribution is -2.21. The maximum Gasteiger partial charge on any atom is 0.379 e. The molecule has 0 unspecified atom stereocenters. The summed E-state index contributed by atoms with van der Waals surface area (Å²) in [5, 5.41) is 3.60. The topological polar surface area (TPSA) is 95.7 Å². The molecule has 0 spiro atoms. The summed E-state index contributed by atoms with van der Waals surface area (Å²) in [5.74, 6) is -2.91. The molecule has 0 saturated carbocycles. The Morgan fingerprint density at radius 1 is 1.04 bits per heavy atom. The Morgan fingerprint density at radius 2 is 1.70 bits per heavy atom. The van der Waals surface area contributed by atoms with Crippen molar-refractivity contribution in [2.24, 2.45) is 0 Å². The van der Waals surface area contributed by atoms with Crippen molar-refractivity contribution >= 4 is 17.7 Å². The largest absolute Gasteiger partial charge is 0.461 e. The molecule has 2 aromatic rings. The van der Waals surface area contributed by atoms with Crippen LogP contribution < -0.4 is 0 Å². The SMILES string of the molecule is CCOC(=O)C(=O)c1c(C(=O)OCC)noc1-c1ccccc1. The molecule has 1 aromatic carbocycles. The number of Topliss-reactive ketones (excluding diaryl/α,β-unsaturated/α-hetero) is 1. The average Bonchev–Trinajstić information content (AvgIpc) is 3.00. The summed E-state index contributed by atoms with van der Waals surface area (Å²) >= 11 is 0. The van der Waals surface area contributed by atoms with Gasteiger partial charge in [-0.3, -0.25) is 4.79 Å². The van der Waals surface area contributed by atoms with Crippen molar-refractivity contribution in [2.45, 2.75) is 13.8 Å². The highest BCUT2D eigenvalue weighted by Crippen LogP contribution is 2.27. The fourth-order valence-electron chi connectivity index (χ4n) is 1.92. The van der Waals surface area contributed by atoms with Crippen LogP contribution in [-0.4, -0.2) is 36.1 Å². The number of aromatic nitrogens is 1. The van der Waals surface area contributed by atoms with Crippen LogP contribution in [0.25, 0.3) is 11.3 Å². The molecule has 0 atom stereocenters. The van der Waals surface area contributed by atoms with Gasteiger partial charge in [-0.2, -0.15) is 0 Å². The van der Waals surface area contributed by atoms with Gasteiger partial charge in [0.25, 0.3) is 5.78 Å². The molecule has 0 N–H and O–H groups in total. The first kappa shape index (κ1) is 16.4. The van der Waals surface area contributed by atoms with Gasteiger partial charge < -0.3 is 14.0 Å². The number of esters is 2. The summed E-state index contributed by atoms with van der Waals surface area (Å²) in [4.78, 5) is 36.0. The summed E-state index contributed by atoms with van der Waals surface area (Å²) in [5.41, 5.74) is -0.0972. The van der Waals surface area contributed by atoms with Crippen molar-refractivity contribution in [3.05, 3.63) is 41.6 Å². The van der Waals surface area contributed by atoms with Crippen molar-refractivity contribution < 1.29 is 28.4 Å². The number of nitrogens with zero attached hydrogens (tertiary/aromatic N) is 1. The zero-order valence-electron chi connectivity index (χ0n) is 12.7. The molecule has 0 aliphatic heterocycles. The molecular weight excluding hydrogens is 302 g/mol. The van der Waals surface area contributed by atoms with Gasteiger partial charge in [-0.05, 0) is 13.8 Å². The smallest absolute Gasteiger partial charge is 0.379 e. The van der Waals surface area contributed by atoms with Gasteiger partial charge in [0, 0.05) is 5.56 Å². The number of ether oxygens (including phenoxy) is 2. The molecule has 0 fully saturated rings. The Balaban J connectivity index is 2.54. The van der Waals surface area contributed by atoms with E-state index in [2.05, 4.69) is 5.16 Å². The third kappa shape index (κ3) is 3.45. The van der Waals surface area contributed by atoms with Crippen LogP contribution in [0.2, 0.25) is 0 Å². The number of benzene rings is 1. The van der Waals surface area contributed by atoms with E-state index in [-0.39, 0.29) is 30.2 Å². The molecule has 0 radical (unpaired) electrons. The van der Waals surface area contributed by atoms with Crippen molar-refractivity contribution in [3.63, 3.8) is 0 Å². The van der Waals surface area contributed by atoms with E-state index < -0.39 is 17.7 Å². The van der Waals surface area contributed by atoms with Crippen molar-refractivity contribution in [1.29, 1.82) is 0 Å². The molecule has 1 aromatic heterocycles. The predicted molar refractivity (Wildman–Crippen MR) is 78.9 cm³/mol. The zero-order valence-corrected chi connectivity index (χ0v) is 12.7. The molecule has 1 heterocycles. The number of hydrogen-bond donors (Lipinski definition) is 0. The van der Waals surface area contributed by atoms with Gasteiger partial charge in [0.1, 0.15) is 5.56 Å². The third-order valence-electron chi connectivity index (χ3n) is 2.88. The Morgan fingerprint density at radius 3 is 2.30 bits per heavy atom. The van der Waals surface area contributed by atoms with E-state index in [1.165, 1.54) is 0 Å². The highest BCUT2D eigenvalue weighted by Gasteiger charge is 2.33. The van der Waals surface area contributed by atoms with Crippen LogP contribution in [0.1, 0.15) is 34.7 Å². The molecule has 0 bridgehead atoms. The molecule has 0 amide bonds. The molecule has 23 heavy (non-hydrogen) atoms. The summed E-state index contributed by atoms with van der Waals surface area (Å²) in [6.45, 7) is 3.32. The lowest BCUT2D eigenvalue weighted by atomic mass is 10.0. The maximum atomic E-state index is 12.3. The van der Waals surface area contributed by atoms with Crippen LogP contribution in [0.15, 0.2) is 34.9 Å². The Hall–Kier alpha value is -2.96. The van der Waals surface area contributed by atoms with Crippen LogP contribution in [0.4, 0.5) is 0 Å². The minimum atomic E-state index is -1.08. The molecular formula is C16H15NO6. The number of carbonyl (C=O) groups excluding carboxylic acids is 3. The van der Waals surface area contributed by atoms with Crippen LogP contribution in [0, 0.1) is 0 Å². The van der Waals surface area contributed by atoms with Gasteiger partial charge >= 0.3 is 11.9 Å². The van der Waals surface area contributed by atoms with E-state index in [4.69, 9.17) is 14.0 Å². The van der Waals surface area contributed by atoms with E-state index in [9.17, 15) is 14.4 Å². The van der Waals surface area contributed by atoms with Crippen LogP contribution >= 0.6 is 0 Å². The highest BCUT2D eigenvalue weighted by atomic mass is 16.5. The van der Waals surface area contributed by atoms with Gasteiger partial charge in [-0.15, -0.1) is 0 Å². The van der Waals surface area contributed by atoms with E-state index in [1.807, 2.05) is 0 Å². The third-order valence-corrected chi connectivity index (χ3v) is 2.88. The van der Waals surface area contributed by atoms with Crippen LogP contribution in [0.5, 0.6) is 0 Å². The predicted octanol–water partition coefficient (Wildman–Crippen LogP) is 2.26. The molecule has 120 valence electrons. The molecule has 2 rings (SSSR count). The second-order valence-electron chi connectivity index (χ2n) is 4.37. The molecule has 0 saturated heterocycles. The second kappa shape index (κ2) is 7.35. The van der Waals surface area contributed by atoms with E-state index >= 15 is 0 Å². The lowest BCUT2D eigenvalue weighted by Gasteiger charge is -2.03. The van der Waals surface area contributed by atoms with Crippen molar-refractivity contribution in [1.82, 2.24) is 5.16 Å². The van der Waals surface area contributed by atoms with E-state index in [0.717, 1.165) is 0 Å². The van der Waals surface area contributed by atoms with Gasteiger partial charge in [-0.1, -0.05) is 35.5 Å². The second-order valence-corrected chi connectivity index (χ2v) is 4.37. The quantitative estimate of drug-likeness (QED) is 0.458. The molecule has 0 aliphatic rings. The minimum Gasteiger partial charge on any atom is -0.461 e. The summed E-state index contributed by atoms with van der Waals surface area (Å²) in [6, 6.07) is 8.55. The Labute approximate surface area is 132 Å². The first-order valence-electron chi connectivity index (χ1n) is 7.03. The minimum absolute atomic E-state index is 0.0201. The Kier molecular flexibility index (Phi) is 5.24. The maximum absolute atomic E-state index is 12.3. The first-order chi connectivity index (χ1) is 11.1. The normalized spacial score (nSPS) is 10.2. The van der Waals surface area contributed by atoms with Crippen LogP contribution in [-0.2, 0) is 14.3 Å². The van der Waals surface area contributed by atoms with Gasteiger partial charge in [0.15, 0.2) is 5.76 Å². The van der Waals surface area contributed by atoms with Crippen LogP contribution in [0.3, 0.4) is 0 Å². The van der Waals surface area contributed by atoms with E-state index in [0.29, 0.717) is 5.56 Å². The molecule has 7 heteroatoms. The highest BCUT2D eigenvalue weighted by molar-refractivity contribution is 6.43. The van der Waals surface area contributed by atoms with Gasteiger partial charge in [-0.25, -0.2) is 9.59 Å². The number of ketones is 1. The summed E-state index contributed by atoms with van der Waals surface area (Å²) in [7, 11) is 0. The number of carbonyl (C=O) groups is 3. The van der Waals surface area contributed by atoms with Crippen molar-refractivity contribution in [3.8, 4) is 11.3 Å². The summed E-state index contributed by atoms with van der Waals surface area (Å²) < 4.78 is 14.7. The van der Waals surface area contributed by atoms with E-state index in [1.54, 1.807) is 44.2 Å². The standard InChI is InChI=1S/C16H15NO6/c1-3-21-15(19)12-11(13(18)16(20)22-4-2)14(23-17-12)10-8-6-5-7-9-10/h5-9H,3-4H2,1-2H3. The van der Waals surface area contributed by atoms with Gasteiger partial charge in [0.2, 0.25) is 5.69 Å². The fraction of sp³-hybridized carbons (Fsp3) is 0.250. The monoisotopic (exact) mass is 317 g/mol.